The molecule has 0 saturated carbocycles. The Bertz CT molecular complexity index is 604. The van der Waals surface area contributed by atoms with Gasteiger partial charge in [-0.1, -0.05) is 19.1 Å². The van der Waals surface area contributed by atoms with Gasteiger partial charge in [0.2, 0.25) is 0 Å². The van der Waals surface area contributed by atoms with E-state index in [0.717, 1.165) is 22.4 Å². The minimum atomic E-state index is -0.238. The van der Waals surface area contributed by atoms with Crippen LogP contribution in [0.5, 0.6) is 0 Å². The zero-order chi connectivity index (χ0) is 15.2. The van der Waals surface area contributed by atoms with Crippen molar-refractivity contribution in [1.82, 2.24) is 10.3 Å². The summed E-state index contributed by atoms with van der Waals surface area (Å²) >= 11 is 3.45. The van der Waals surface area contributed by atoms with Crippen LogP contribution < -0.4 is 10.2 Å². The van der Waals surface area contributed by atoms with Crippen LogP contribution in [0.25, 0.3) is 0 Å². The van der Waals surface area contributed by atoms with E-state index in [2.05, 4.69) is 33.2 Å². The van der Waals surface area contributed by atoms with Crippen molar-refractivity contribution in [2.75, 3.05) is 18.0 Å². The smallest absolute Gasteiger partial charge is 0.146 e. The van der Waals surface area contributed by atoms with Crippen molar-refractivity contribution >= 4 is 27.4 Å². The molecule has 0 aliphatic heterocycles. The fourth-order valence-electron chi connectivity index (χ4n) is 2.21. The topological polar surface area (TPSA) is 28.2 Å². The molecule has 1 aromatic heterocycles. The fourth-order valence-corrected chi connectivity index (χ4v) is 2.59. The summed E-state index contributed by atoms with van der Waals surface area (Å²) in [6.45, 7) is 6.27. The van der Waals surface area contributed by atoms with Gasteiger partial charge in [-0.3, -0.25) is 0 Å². The molecule has 1 heterocycles. The molecule has 0 aliphatic rings. The number of nitrogens with zero attached hydrogens (tertiary/aromatic N) is 2. The van der Waals surface area contributed by atoms with Gasteiger partial charge in [-0.15, -0.1) is 0 Å². The second-order valence-corrected chi connectivity index (χ2v) is 5.53. The van der Waals surface area contributed by atoms with Crippen molar-refractivity contribution in [3.05, 3.63) is 52.4 Å². The summed E-state index contributed by atoms with van der Waals surface area (Å²) in [6.07, 6.45) is 1.74. The fraction of sp³-hybridized carbons (Fsp3) is 0.312. The average molecular weight is 352 g/mol. The molecule has 21 heavy (non-hydrogen) atoms. The zero-order valence-electron chi connectivity index (χ0n) is 12.2. The van der Waals surface area contributed by atoms with Crippen LogP contribution in [0.2, 0.25) is 0 Å². The highest BCUT2D eigenvalue weighted by Gasteiger charge is 2.16. The quantitative estimate of drug-likeness (QED) is 0.842. The Kier molecular flexibility index (Phi) is 5.70. The van der Waals surface area contributed by atoms with Crippen LogP contribution in [0.3, 0.4) is 0 Å². The number of hydrogen-bond acceptors (Lipinski definition) is 3. The number of benzene rings is 1. The highest BCUT2D eigenvalue weighted by molar-refractivity contribution is 9.10. The average Bonchev–Trinajstić information content (AvgIpc) is 2.49. The monoisotopic (exact) mass is 351 g/mol. The van der Waals surface area contributed by atoms with Crippen molar-refractivity contribution in [3.8, 4) is 0 Å². The normalized spacial score (nSPS) is 10.7. The Hall–Kier alpha value is -1.46. The SMILES string of the molecule is CCNCc1cc(Br)cnc1N(CC)c1ccccc1F. The molecule has 0 bridgehead atoms. The molecule has 0 fully saturated rings. The molecule has 0 amide bonds. The lowest BCUT2D eigenvalue weighted by Crippen LogP contribution is -2.22. The molecule has 2 rings (SSSR count). The maximum atomic E-state index is 14.1. The van der Waals surface area contributed by atoms with E-state index in [9.17, 15) is 4.39 Å². The van der Waals surface area contributed by atoms with Gasteiger partial charge < -0.3 is 10.2 Å². The molecule has 0 saturated heterocycles. The number of para-hydroxylation sites is 1. The maximum Gasteiger partial charge on any atom is 0.146 e. The lowest BCUT2D eigenvalue weighted by Gasteiger charge is -2.25. The number of nitrogens with one attached hydrogen (secondary N) is 1. The minimum Gasteiger partial charge on any atom is -0.324 e. The van der Waals surface area contributed by atoms with Crippen molar-refractivity contribution in [2.45, 2.75) is 20.4 Å². The standard InChI is InChI=1S/C16H19BrFN3/c1-3-19-10-12-9-13(17)11-20-16(12)21(4-2)15-8-6-5-7-14(15)18/h5-9,11,19H,3-4,10H2,1-2H3. The van der Waals surface area contributed by atoms with Crippen LogP contribution in [0.1, 0.15) is 19.4 Å². The Labute approximate surface area is 133 Å². The van der Waals surface area contributed by atoms with Gasteiger partial charge in [-0.25, -0.2) is 9.37 Å². The van der Waals surface area contributed by atoms with Gasteiger partial charge in [0, 0.05) is 29.3 Å². The molecule has 0 unspecified atom stereocenters. The van der Waals surface area contributed by atoms with Crippen molar-refractivity contribution in [2.24, 2.45) is 0 Å². The molecule has 3 nitrogen and oxygen atoms in total. The second kappa shape index (κ2) is 7.52. The first kappa shape index (κ1) is 15.9. The summed E-state index contributed by atoms with van der Waals surface area (Å²) in [5.74, 6) is 0.546. The van der Waals surface area contributed by atoms with Gasteiger partial charge in [-0.05, 0) is 47.6 Å². The Morgan fingerprint density at radius 1 is 1.29 bits per heavy atom. The molecule has 0 radical (unpaired) electrons. The first-order valence-electron chi connectivity index (χ1n) is 7.04. The molecule has 1 aromatic carbocycles. The molecular formula is C16H19BrFN3. The van der Waals surface area contributed by atoms with Crippen molar-refractivity contribution in [1.29, 1.82) is 0 Å². The van der Waals surface area contributed by atoms with Crippen molar-refractivity contribution in [3.63, 3.8) is 0 Å². The summed E-state index contributed by atoms with van der Waals surface area (Å²) in [5, 5.41) is 3.30. The van der Waals surface area contributed by atoms with Gasteiger partial charge in [-0.2, -0.15) is 0 Å². The highest BCUT2D eigenvalue weighted by Crippen LogP contribution is 2.30. The van der Waals surface area contributed by atoms with Crippen LogP contribution in [-0.2, 0) is 6.54 Å². The summed E-state index contributed by atoms with van der Waals surface area (Å²) in [5.41, 5.74) is 1.59. The van der Waals surface area contributed by atoms with Gasteiger partial charge >= 0.3 is 0 Å². The van der Waals surface area contributed by atoms with E-state index >= 15 is 0 Å². The van der Waals surface area contributed by atoms with Gasteiger partial charge in [0.05, 0.1) is 5.69 Å². The third kappa shape index (κ3) is 3.80. The van der Waals surface area contributed by atoms with Crippen LogP contribution in [0.4, 0.5) is 15.9 Å². The molecule has 0 spiro atoms. The van der Waals surface area contributed by atoms with E-state index in [-0.39, 0.29) is 5.82 Å². The molecule has 2 aromatic rings. The molecule has 112 valence electrons. The predicted molar refractivity (Wildman–Crippen MR) is 88.4 cm³/mol. The summed E-state index contributed by atoms with van der Waals surface area (Å²) in [7, 11) is 0. The molecular weight excluding hydrogens is 333 g/mol. The number of pyridine rings is 1. The third-order valence-electron chi connectivity index (χ3n) is 3.19. The van der Waals surface area contributed by atoms with E-state index in [1.165, 1.54) is 6.07 Å². The maximum absolute atomic E-state index is 14.1. The largest absolute Gasteiger partial charge is 0.324 e. The van der Waals surface area contributed by atoms with E-state index in [4.69, 9.17) is 0 Å². The summed E-state index contributed by atoms with van der Waals surface area (Å²) in [6, 6.07) is 8.81. The lowest BCUT2D eigenvalue weighted by molar-refractivity contribution is 0.624. The molecule has 5 heteroatoms. The van der Waals surface area contributed by atoms with E-state index < -0.39 is 0 Å². The molecule has 1 N–H and O–H groups in total. The molecule has 0 aliphatic carbocycles. The van der Waals surface area contributed by atoms with Crippen LogP contribution in [-0.4, -0.2) is 18.1 Å². The van der Waals surface area contributed by atoms with Crippen LogP contribution >= 0.6 is 15.9 Å². The van der Waals surface area contributed by atoms with E-state index in [1.807, 2.05) is 24.0 Å². The number of halogens is 2. The highest BCUT2D eigenvalue weighted by atomic mass is 79.9. The van der Waals surface area contributed by atoms with E-state index in [1.54, 1.807) is 18.3 Å². The van der Waals surface area contributed by atoms with Crippen molar-refractivity contribution < 1.29 is 4.39 Å². The van der Waals surface area contributed by atoms with Gasteiger partial charge in [0.25, 0.3) is 0 Å². The zero-order valence-corrected chi connectivity index (χ0v) is 13.8. The first-order valence-corrected chi connectivity index (χ1v) is 7.83. The summed E-state index contributed by atoms with van der Waals surface area (Å²) in [4.78, 5) is 6.39. The second-order valence-electron chi connectivity index (χ2n) is 4.61. The predicted octanol–water partition coefficient (Wildman–Crippen LogP) is 4.25. The first-order chi connectivity index (χ1) is 10.2. The van der Waals surface area contributed by atoms with Crippen LogP contribution in [0, 0.1) is 5.82 Å². The number of anilines is 2. The van der Waals surface area contributed by atoms with Gasteiger partial charge in [0.1, 0.15) is 11.6 Å². The number of hydrogen-bond donors (Lipinski definition) is 1. The minimum absolute atomic E-state index is 0.238. The number of aromatic nitrogens is 1. The Morgan fingerprint density at radius 2 is 2.05 bits per heavy atom. The van der Waals surface area contributed by atoms with Crippen LogP contribution in [0.15, 0.2) is 41.0 Å². The Morgan fingerprint density at radius 3 is 2.71 bits per heavy atom. The van der Waals surface area contributed by atoms with Gasteiger partial charge in [0.15, 0.2) is 0 Å². The lowest BCUT2D eigenvalue weighted by atomic mass is 10.2. The number of rotatable bonds is 6. The molecule has 0 atom stereocenters. The third-order valence-corrected chi connectivity index (χ3v) is 3.62. The summed E-state index contributed by atoms with van der Waals surface area (Å²) < 4.78 is 15.0. The van der Waals surface area contributed by atoms with E-state index in [0.29, 0.717) is 18.8 Å². The Balaban J connectivity index is 2.44.